The van der Waals surface area contributed by atoms with Gasteiger partial charge in [-0.05, 0) is 37.0 Å². The number of imidazole rings is 1. The minimum Gasteiger partial charge on any atom is -0.508 e. The van der Waals surface area contributed by atoms with Gasteiger partial charge in [0, 0.05) is 31.3 Å². The molecule has 65 heavy (non-hydrogen) atoms. The number of aromatic hydroxyl groups is 1. The van der Waals surface area contributed by atoms with Gasteiger partial charge in [-0.3, -0.25) is 52.7 Å². The van der Waals surface area contributed by atoms with Gasteiger partial charge in [-0.25, -0.2) is 4.98 Å². The molecule has 0 unspecified atom stereocenters. The second kappa shape index (κ2) is 26.4. The molecule has 1 aromatic carbocycles. The van der Waals surface area contributed by atoms with Crippen molar-refractivity contribution in [3.8, 4) is 5.75 Å². The fourth-order valence-corrected chi connectivity index (χ4v) is 6.32. The number of carbonyl (C=O) groups excluding carboxylic acids is 11. The number of aromatic nitrogens is 2. The minimum atomic E-state index is -1.68. The maximum absolute atomic E-state index is 13.6. The summed E-state index contributed by atoms with van der Waals surface area (Å²) >= 11 is 4.02. The molecule has 2 aromatic rings. The molecule has 1 aliphatic rings. The number of phenols is 1. The van der Waals surface area contributed by atoms with E-state index in [1.165, 1.54) is 29.6 Å². The number of aliphatic hydroxyl groups excluding tert-OH is 1. The number of aliphatic hydroxyl groups is 1. The van der Waals surface area contributed by atoms with Gasteiger partial charge in [0.2, 0.25) is 65.0 Å². The highest BCUT2D eigenvalue weighted by molar-refractivity contribution is 7.80. The Hall–Kier alpha value is -7.29. The van der Waals surface area contributed by atoms with Gasteiger partial charge in [-0.15, -0.1) is 0 Å². The monoisotopic (exact) mass is 931 g/mol. The van der Waals surface area contributed by atoms with Gasteiger partial charge in [0.05, 0.1) is 51.2 Å². The molecule has 354 valence electrons. The summed E-state index contributed by atoms with van der Waals surface area (Å²) in [6, 6.07) is -0.834. The van der Waals surface area contributed by atoms with E-state index in [2.05, 4.69) is 65.1 Å². The van der Waals surface area contributed by atoms with Crippen molar-refractivity contribution in [2.24, 2.45) is 11.5 Å². The van der Waals surface area contributed by atoms with E-state index < -0.39 is 134 Å². The molecular weight excluding hydrogens is 879 g/mol. The number of phenolic OH excluding ortho intramolecular Hbond substituents is 1. The van der Waals surface area contributed by atoms with Crippen LogP contribution in [0, 0.1) is 0 Å². The summed E-state index contributed by atoms with van der Waals surface area (Å²) in [4.78, 5) is 146. The van der Waals surface area contributed by atoms with Crippen molar-refractivity contribution in [1.29, 1.82) is 0 Å². The standard InChI is InChI=1S/C38H53N13O13S/c39-28(54)11-23(34(40)60)47-37(63)26(18-65)50-36(62)25(17-52)49-35(61)24(10-21-12-41-19-46-21)48-38(64)27-2-1-9-51(27)33(59)16-45-32(58)15-44-31(57)14-43-30(56)13-42-29(55)8-5-20-3-6-22(53)7-4-20/h3-4,6-7,12,19,23-27,52-53,65H,1-2,5,8-11,13-18H2,(H2,39,54)(H2,40,60)(H,41,46)(H,42,55)(H,43,56)(H,44,57)(H,45,58)(H,47,63)(H,48,64)(H,49,61)(H,50,62)/t23-,24-,25-,26-,27-/m0/s1. The average molecular weight is 932 g/mol. The van der Waals surface area contributed by atoms with Crippen LogP contribution in [0.15, 0.2) is 36.8 Å². The Morgan fingerprint density at radius 2 is 1.31 bits per heavy atom. The summed E-state index contributed by atoms with van der Waals surface area (Å²) in [6.45, 7) is -2.89. The highest BCUT2D eigenvalue weighted by Gasteiger charge is 2.37. The van der Waals surface area contributed by atoms with Crippen molar-refractivity contribution in [3.05, 3.63) is 48.0 Å². The molecular formula is C38H53N13O13S. The highest BCUT2D eigenvalue weighted by atomic mass is 32.1. The number of hydrogen-bond donors (Lipinski definition) is 14. The Morgan fingerprint density at radius 3 is 1.86 bits per heavy atom. The minimum absolute atomic E-state index is 0.0848. The van der Waals surface area contributed by atoms with E-state index in [-0.39, 0.29) is 37.3 Å². The van der Waals surface area contributed by atoms with Gasteiger partial charge < -0.3 is 74.1 Å². The molecule has 1 fully saturated rings. The van der Waals surface area contributed by atoms with Crippen LogP contribution >= 0.6 is 12.6 Å². The van der Waals surface area contributed by atoms with Crippen LogP contribution < -0.4 is 54.0 Å². The van der Waals surface area contributed by atoms with Crippen LogP contribution in [-0.4, -0.2) is 165 Å². The molecule has 1 saturated heterocycles. The Balaban J connectivity index is 1.48. The second-order valence-electron chi connectivity index (χ2n) is 14.5. The van der Waals surface area contributed by atoms with Crippen LogP contribution in [-0.2, 0) is 65.6 Å². The molecule has 0 radical (unpaired) electrons. The number of nitrogens with two attached hydrogens (primary N) is 2. The molecule has 11 amide bonds. The van der Waals surface area contributed by atoms with E-state index in [9.17, 15) is 63.0 Å². The molecule has 0 saturated carbocycles. The first-order chi connectivity index (χ1) is 30.9. The van der Waals surface area contributed by atoms with Crippen molar-refractivity contribution in [3.63, 3.8) is 0 Å². The number of H-pyrrole nitrogens is 1. The average Bonchev–Trinajstić information content (AvgIpc) is 3.99. The fraction of sp³-hybridized carbons (Fsp3) is 0.474. The third kappa shape index (κ3) is 18.1. The van der Waals surface area contributed by atoms with Gasteiger partial charge in [0.1, 0.15) is 36.0 Å². The molecule has 0 bridgehead atoms. The number of thiol groups is 1. The first-order valence-electron chi connectivity index (χ1n) is 20.0. The van der Waals surface area contributed by atoms with Crippen molar-refractivity contribution in [1.82, 2.24) is 57.4 Å². The maximum Gasteiger partial charge on any atom is 0.245 e. The number of hydrogen-bond acceptors (Lipinski definition) is 15. The molecule has 1 aliphatic heterocycles. The van der Waals surface area contributed by atoms with Crippen molar-refractivity contribution in [2.75, 3.05) is 45.1 Å². The summed E-state index contributed by atoms with van der Waals surface area (Å²) in [6.07, 6.45) is 2.93. The molecule has 1 aromatic heterocycles. The van der Waals surface area contributed by atoms with Crippen molar-refractivity contribution < 1.29 is 63.0 Å². The first kappa shape index (κ1) is 52.1. The SMILES string of the molecule is NC(=O)C[C@H](NC(=O)[C@H](CS)NC(=O)[C@H](CO)NC(=O)[C@H](Cc1c[nH]cn1)NC(=O)[C@@H]1CCCN1C(=O)CNC(=O)CNC(=O)CNC(=O)CNC(=O)CCc1ccc(O)cc1)C(N)=O. The zero-order valence-electron chi connectivity index (χ0n) is 34.9. The van der Waals surface area contributed by atoms with Gasteiger partial charge in [-0.1, -0.05) is 12.1 Å². The fourth-order valence-electron chi connectivity index (χ4n) is 6.06. The number of amides is 11. The predicted molar refractivity (Wildman–Crippen MR) is 227 cm³/mol. The van der Waals surface area contributed by atoms with Crippen LogP contribution in [0.4, 0.5) is 0 Å². The molecule has 0 spiro atoms. The number of likely N-dealkylation sites (tertiary alicyclic amines) is 1. The van der Waals surface area contributed by atoms with Gasteiger partial charge >= 0.3 is 0 Å². The number of aryl methyl sites for hydroxylation is 1. The van der Waals surface area contributed by atoms with E-state index in [4.69, 9.17) is 11.5 Å². The van der Waals surface area contributed by atoms with E-state index in [0.29, 0.717) is 18.5 Å². The second-order valence-corrected chi connectivity index (χ2v) is 14.8. The summed E-state index contributed by atoms with van der Waals surface area (Å²) in [5.74, 6) is -9.28. The summed E-state index contributed by atoms with van der Waals surface area (Å²) in [5, 5.41) is 38.0. The Bertz CT molecular complexity index is 2040. The molecule has 15 N–H and O–H groups in total. The number of nitrogens with one attached hydrogen (secondary N) is 9. The molecule has 0 aliphatic carbocycles. The van der Waals surface area contributed by atoms with Crippen molar-refractivity contribution >= 4 is 77.6 Å². The lowest BCUT2D eigenvalue weighted by molar-refractivity contribution is -0.140. The normalized spacial score (nSPS) is 14.9. The van der Waals surface area contributed by atoms with Crippen LogP contribution in [0.25, 0.3) is 0 Å². The van der Waals surface area contributed by atoms with Crippen LogP contribution in [0.5, 0.6) is 5.75 Å². The summed E-state index contributed by atoms with van der Waals surface area (Å²) < 4.78 is 0. The number of aromatic amines is 1. The van der Waals surface area contributed by atoms with Gasteiger partial charge in [0.15, 0.2) is 0 Å². The Kier molecular flexibility index (Phi) is 21.1. The van der Waals surface area contributed by atoms with Gasteiger partial charge in [-0.2, -0.15) is 12.6 Å². The lowest BCUT2D eigenvalue weighted by Gasteiger charge is -2.27. The molecule has 27 heteroatoms. The van der Waals surface area contributed by atoms with Crippen LogP contribution in [0.2, 0.25) is 0 Å². The molecule has 2 heterocycles. The quantitative estimate of drug-likeness (QED) is 0.0390. The van der Waals surface area contributed by atoms with E-state index in [1.54, 1.807) is 12.1 Å². The van der Waals surface area contributed by atoms with E-state index in [1.807, 2.05) is 0 Å². The zero-order valence-corrected chi connectivity index (χ0v) is 35.8. The van der Waals surface area contributed by atoms with E-state index >= 15 is 0 Å². The lowest BCUT2D eigenvalue weighted by atomic mass is 10.1. The maximum atomic E-state index is 13.6. The zero-order chi connectivity index (χ0) is 48.1. The lowest BCUT2D eigenvalue weighted by Crippen LogP contribution is -2.60. The molecule has 26 nitrogen and oxygen atoms in total. The number of primary amides is 2. The topological polar surface area (TPSA) is 408 Å². The third-order valence-electron chi connectivity index (χ3n) is 9.53. The highest BCUT2D eigenvalue weighted by Crippen LogP contribution is 2.18. The Morgan fingerprint density at radius 1 is 0.754 bits per heavy atom. The molecule has 5 atom stereocenters. The van der Waals surface area contributed by atoms with E-state index in [0.717, 1.165) is 5.56 Å². The molecule has 3 rings (SSSR count). The number of benzene rings is 1. The van der Waals surface area contributed by atoms with Crippen LogP contribution in [0.3, 0.4) is 0 Å². The first-order valence-corrected chi connectivity index (χ1v) is 20.7. The largest absolute Gasteiger partial charge is 0.508 e. The van der Waals surface area contributed by atoms with Crippen LogP contribution in [0.1, 0.15) is 36.9 Å². The van der Waals surface area contributed by atoms with Crippen molar-refractivity contribution in [2.45, 2.75) is 68.7 Å². The third-order valence-corrected chi connectivity index (χ3v) is 9.89. The number of nitrogens with zero attached hydrogens (tertiary/aromatic N) is 2. The Labute approximate surface area is 376 Å². The predicted octanol–water partition coefficient (Wildman–Crippen LogP) is -7.03. The summed E-state index contributed by atoms with van der Waals surface area (Å²) in [7, 11) is 0. The number of carbonyl (C=O) groups is 11. The number of rotatable bonds is 26. The summed E-state index contributed by atoms with van der Waals surface area (Å²) in [5.41, 5.74) is 11.4. The van der Waals surface area contributed by atoms with Gasteiger partial charge in [0.25, 0.3) is 0 Å². The smallest absolute Gasteiger partial charge is 0.245 e.